The quantitative estimate of drug-likeness (QED) is 0.879. The first-order chi connectivity index (χ1) is 8.62. The lowest BCUT2D eigenvalue weighted by atomic mass is 10.0. The largest absolute Gasteiger partial charge is 0.480 e. The highest BCUT2D eigenvalue weighted by atomic mass is 19.4. The summed E-state index contributed by atoms with van der Waals surface area (Å²) in [4.78, 5) is 12.3. The molecule has 0 aliphatic heterocycles. The van der Waals surface area contributed by atoms with Crippen molar-refractivity contribution in [3.63, 3.8) is 0 Å². The van der Waals surface area contributed by atoms with Crippen LogP contribution in [0.4, 0.5) is 18.9 Å². The van der Waals surface area contributed by atoms with Crippen LogP contribution < -0.4 is 10.6 Å². The zero-order valence-electron chi connectivity index (χ0n) is 10.5. The van der Waals surface area contributed by atoms with Crippen molar-refractivity contribution in [3.05, 3.63) is 29.3 Å². The van der Waals surface area contributed by atoms with Crippen LogP contribution in [0.15, 0.2) is 18.2 Å². The molecule has 0 aliphatic carbocycles. The Labute approximate surface area is 108 Å². The zero-order chi connectivity index (χ0) is 14.8. The lowest BCUT2D eigenvalue weighted by molar-refractivity contribution is -0.138. The number of aliphatic carboxylic acids is 1. The second kappa shape index (κ2) is 5.48. The number of rotatable bonds is 4. The molecule has 7 heteroatoms. The summed E-state index contributed by atoms with van der Waals surface area (Å²) in [6.07, 6.45) is -4.63. The van der Waals surface area contributed by atoms with Crippen LogP contribution in [0.2, 0.25) is 0 Å². The van der Waals surface area contributed by atoms with Crippen molar-refractivity contribution in [1.82, 2.24) is 0 Å². The van der Waals surface area contributed by atoms with Gasteiger partial charge in [0.15, 0.2) is 0 Å². The normalized spacial score (nSPS) is 13.2. The number of benzene rings is 1. The average molecular weight is 276 g/mol. The van der Waals surface area contributed by atoms with Crippen LogP contribution in [0, 0.1) is 0 Å². The Kier molecular flexibility index (Phi) is 4.41. The van der Waals surface area contributed by atoms with Crippen LogP contribution in [-0.2, 0) is 17.4 Å². The number of carboxylic acid groups (broad SMARTS) is 1. The topological polar surface area (TPSA) is 66.6 Å². The van der Waals surface area contributed by atoms with E-state index in [1.54, 1.807) is 19.0 Å². The summed E-state index contributed by atoms with van der Waals surface area (Å²) < 4.78 is 37.9. The fourth-order valence-electron chi connectivity index (χ4n) is 1.69. The van der Waals surface area contributed by atoms with E-state index >= 15 is 0 Å². The van der Waals surface area contributed by atoms with Gasteiger partial charge in [0.25, 0.3) is 0 Å². The van der Waals surface area contributed by atoms with Gasteiger partial charge in [-0.3, -0.25) is 4.79 Å². The first-order valence-electron chi connectivity index (χ1n) is 5.48. The predicted molar refractivity (Wildman–Crippen MR) is 65.1 cm³/mol. The van der Waals surface area contributed by atoms with Gasteiger partial charge in [-0.25, -0.2) is 0 Å². The van der Waals surface area contributed by atoms with Crippen molar-refractivity contribution >= 4 is 11.7 Å². The number of anilines is 1. The highest BCUT2D eigenvalue weighted by Gasteiger charge is 2.31. The van der Waals surface area contributed by atoms with Gasteiger partial charge >= 0.3 is 12.1 Å². The molecule has 1 atom stereocenters. The summed E-state index contributed by atoms with van der Waals surface area (Å²) in [5, 5.41) is 8.74. The molecule has 0 amide bonds. The molecule has 1 aromatic rings. The Balaban J connectivity index is 3.20. The van der Waals surface area contributed by atoms with Gasteiger partial charge in [0.05, 0.1) is 5.56 Å². The van der Waals surface area contributed by atoms with Crippen molar-refractivity contribution in [2.75, 3.05) is 19.0 Å². The van der Waals surface area contributed by atoms with E-state index in [1.165, 1.54) is 6.07 Å². The Hall–Kier alpha value is -1.76. The van der Waals surface area contributed by atoms with Crippen molar-refractivity contribution in [1.29, 1.82) is 0 Å². The van der Waals surface area contributed by atoms with E-state index in [0.717, 1.165) is 12.1 Å². The van der Waals surface area contributed by atoms with Crippen LogP contribution in [0.25, 0.3) is 0 Å². The molecule has 3 N–H and O–H groups in total. The Bertz CT molecular complexity index is 473. The van der Waals surface area contributed by atoms with Gasteiger partial charge in [-0.15, -0.1) is 0 Å². The van der Waals surface area contributed by atoms with Gasteiger partial charge in [0.1, 0.15) is 6.04 Å². The monoisotopic (exact) mass is 276 g/mol. The maximum Gasteiger partial charge on any atom is 0.416 e. The number of halogens is 3. The van der Waals surface area contributed by atoms with Crippen LogP contribution in [0.5, 0.6) is 0 Å². The van der Waals surface area contributed by atoms with Gasteiger partial charge < -0.3 is 15.7 Å². The summed E-state index contributed by atoms with van der Waals surface area (Å²) in [6.45, 7) is 0. The Morgan fingerprint density at radius 1 is 1.42 bits per heavy atom. The third kappa shape index (κ3) is 3.85. The smallest absolute Gasteiger partial charge is 0.416 e. The highest BCUT2D eigenvalue weighted by Crippen LogP contribution is 2.32. The number of hydrogen-bond donors (Lipinski definition) is 2. The lowest BCUT2D eigenvalue weighted by Gasteiger charge is -2.20. The number of carbonyl (C=O) groups is 1. The second-order valence-corrected chi connectivity index (χ2v) is 4.38. The molecule has 0 aromatic heterocycles. The van der Waals surface area contributed by atoms with E-state index in [4.69, 9.17) is 10.8 Å². The second-order valence-electron chi connectivity index (χ2n) is 4.38. The Morgan fingerprint density at radius 3 is 2.42 bits per heavy atom. The molecule has 0 bridgehead atoms. The van der Waals surface area contributed by atoms with Gasteiger partial charge in [0, 0.05) is 26.2 Å². The van der Waals surface area contributed by atoms with E-state index in [0.29, 0.717) is 5.69 Å². The number of hydrogen-bond acceptors (Lipinski definition) is 3. The molecule has 1 unspecified atom stereocenters. The van der Waals surface area contributed by atoms with E-state index in [-0.39, 0.29) is 12.0 Å². The third-order valence-corrected chi connectivity index (χ3v) is 2.65. The summed E-state index contributed by atoms with van der Waals surface area (Å²) >= 11 is 0. The number of nitrogens with zero attached hydrogens (tertiary/aromatic N) is 1. The van der Waals surface area contributed by atoms with Gasteiger partial charge in [-0.2, -0.15) is 13.2 Å². The summed E-state index contributed by atoms with van der Waals surface area (Å²) in [7, 11) is 3.33. The minimum Gasteiger partial charge on any atom is -0.480 e. The molecule has 0 heterocycles. The zero-order valence-corrected chi connectivity index (χ0v) is 10.5. The molecule has 19 heavy (non-hydrogen) atoms. The third-order valence-electron chi connectivity index (χ3n) is 2.65. The molecular formula is C12H15F3N2O2. The van der Waals surface area contributed by atoms with Crippen molar-refractivity contribution in [3.8, 4) is 0 Å². The minimum atomic E-state index is -4.47. The van der Waals surface area contributed by atoms with E-state index < -0.39 is 23.8 Å². The van der Waals surface area contributed by atoms with Crippen LogP contribution in [0.3, 0.4) is 0 Å². The molecule has 0 radical (unpaired) electrons. The van der Waals surface area contributed by atoms with Crippen LogP contribution >= 0.6 is 0 Å². The van der Waals surface area contributed by atoms with Gasteiger partial charge in [-0.1, -0.05) is 0 Å². The summed E-state index contributed by atoms with van der Waals surface area (Å²) in [5.74, 6) is -1.25. The summed E-state index contributed by atoms with van der Waals surface area (Å²) in [5.41, 5.74) is 5.34. The molecule has 1 rings (SSSR count). The standard InChI is InChI=1S/C12H15F3N2O2/c1-17(2)10-4-3-8(12(13,14)15)5-7(10)6-9(16)11(18)19/h3-5,9H,6,16H2,1-2H3,(H,18,19). The first-order valence-corrected chi connectivity index (χ1v) is 5.48. The number of nitrogens with two attached hydrogens (primary N) is 1. The van der Waals surface area contributed by atoms with Crippen molar-refractivity contribution < 1.29 is 23.1 Å². The maximum absolute atomic E-state index is 12.6. The van der Waals surface area contributed by atoms with E-state index in [1.807, 2.05) is 0 Å². The van der Waals surface area contributed by atoms with E-state index in [2.05, 4.69) is 0 Å². The SMILES string of the molecule is CN(C)c1ccc(C(F)(F)F)cc1CC(N)C(=O)O. The Morgan fingerprint density at radius 2 is 2.00 bits per heavy atom. The van der Waals surface area contributed by atoms with Gasteiger partial charge in [0.2, 0.25) is 0 Å². The first kappa shape index (κ1) is 15.3. The molecule has 106 valence electrons. The average Bonchev–Trinajstić information content (AvgIpc) is 2.27. The van der Waals surface area contributed by atoms with Crippen LogP contribution in [0.1, 0.15) is 11.1 Å². The molecular weight excluding hydrogens is 261 g/mol. The lowest BCUT2D eigenvalue weighted by Crippen LogP contribution is -2.33. The van der Waals surface area contributed by atoms with Gasteiger partial charge in [-0.05, 0) is 23.8 Å². The number of carboxylic acids is 1. The molecule has 0 fully saturated rings. The number of alkyl halides is 3. The van der Waals surface area contributed by atoms with Crippen molar-refractivity contribution in [2.45, 2.75) is 18.6 Å². The fraction of sp³-hybridized carbons (Fsp3) is 0.417. The van der Waals surface area contributed by atoms with Crippen molar-refractivity contribution in [2.24, 2.45) is 5.73 Å². The molecule has 0 spiro atoms. The molecule has 0 aliphatic rings. The molecule has 1 aromatic carbocycles. The van der Waals surface area contributed by atoms with Crippen LogP contribution in [-0.4, -0.2) is 31.2 Å². The minimum absolute atomic E-state index is 0.160. The molecule has 4 nitrogen and oxygen atoms in total. The highest BCUT2D eigenvalue weighted by molar-refractivity contribution is 5.74. The van der Waals surface area contributed by atoms with E-state index in [9.17, 15) is 18.0 Å². The predicted octanol–water partition coefficient (Wildman–Crippen LogP) is 1.73. The fourth-order valence-corrected chi connectivity index (χ4v) is 1.69. The maximum atomic E-state index is 12.6. The summed E-state index contributed by atoms with van der Waals surface area (Å²) in [6, 6.07) is 1.98. The molecule has 0 saturated carbocycles. The molecule has 0 saturated heterocycles.